The van der Waals surface area contributed by atoms with Gasteiger partial charge in [0.05, 0.1) is 10.6 Å². The zero-order valence-corrected chi connectivity index (χ0v) is 15.9. The highest BCUT2D eigenvalue weighted by molar-refractivity contribution is 6.42. The molecule has 5 nitrogen and oxygen atoms in total. The predicted molar refractivity (Wildman–Crippen MR) is 101 cm³/mol. The van der Waals surface area contributed by atoms with Gasteiger partial charge in [0, 0.05) is 5.69 Å². The molecule has 2 aromatic rings. The number of nitrogens with one attached hydrogen (secondary N) is 2. The molecule has 0 aliphatic carbocycles. The van der Waals surface area contributed by atoms with Crippen molar-refractivity contribution in [3.8, 4) is 0 Å². The van der Waals surface area contributed by atoms with Crippen molar-refractivity contribution in [2.75, 3.05) is 5.32 Å². The van der Waals surface area contributed by atoms with Gasteiger partial charge in [-0.05, 0) is 30.0 Å². The van der Waals surface area contributed by atoms with Gasteiger partial charge in [0.1, 0.15) is 10.3 Å². The number of pyridine rings is 1. The molecule has 1 aromatic carbocycles. The Morgan fingerprint density at radius 1 is 1.04 bits per heavy atom. The van der Waals surface area contributed by atoms with Gasteiger partial charge in [0.25, 0.3) is 5.91 Å². The fraction of sp³-hybridized carbons (Fsp3) is 0.235. The van der Waals surface area contributed by atoms with Crippen LogP contribution < -0.4 is 10.6 Å². The highest BCUT2D eigenvalue weighted by Gasteiger charge is 2.18. The van der Waals surface area contributed by atoms with E-state index in [1.165, 1.54) is 6.07 Å². The monoisotopic (exact) mass is 399 g/mol. The van der Waals surface area contributed by atoms with Gasteiger partial charge in [-0.25, -0.2) is 9.78 Å². The summed E-state index contributed by atoms with van der Waals surface area (Å²) in [6.45, 7) is 3.98. The molecule has 25 heavy (non-hydrogen) atoms. The average Bonchev–Trinajstić information content (AvgIpc) is 2.58. The summed E-state index contributed by atoms with van der Waals surface area (Å²) in [5.74, 6) is -0.722. The van der Waals surface area contributed by atoms with Crippen LogP contribution in [0.25, 0.3) is 0 Å². The highest BCUT2D eigenvalue weighted by atomic mass is 35.5. The first-order chi connectivity index (χ1) is 11.9. The maximum atomic E-state index is 12.2. The molecule has 0 aliphatic rings. The van der Waals surface area contributed by atoms with Crippen LogP contribution in [0.15, 0.2) is 24.3 Å². The maximum absolute atomic E-state index is 12.2. The van der Waals surface area contributed by atoms with Gasteiger partial charge in [-0.15, -0.1) is 0 Å². The second-order valence-corrected chi connectivity index (χ2v) is 6.29. The summed E-state index contributed by atoms with van der Waals surface area (Å²) in [6.07, 6.45) is 1.50. The summed E-state index contributed by atoms with van der Waals surface area (Å²) >= 11 is 17.5. The van der Waals surface area contributed by atoms with Crippen LogP contribution in [0, 0.1) is 0 Å². The number of imide groups is 1. The minimum Gasteiger partial charge on any atom is -0.307 e. The second-order valence-electron chi connectivity index (χ2n) is 5.17. The van der Waals surface area contributed by atoms with Crippen molar-refractivity contribution in [1.82, 2.24) is 10.3 Å². The SMILES string of the molecule is CCc1cccc(CC)c1NC(=O)NC(=O)c1cc(Cl)c(Cl)nc1Cl. The molecular weight excluding hydrogens is 385 g/mol. The van der Waals surface area contributed by atoms with Crippen LogP contribution in [0.3, 0.4) is 0 Å². The molecule has 0 atom stereocenters. The molecule has 1 aromatic heterocycles. The first-order valence-electron chi connectivity index (χ1n) is 7.62. The van der Waals surface area contributed by atoms with E-state index < -0.39 is 11.9 Å². The topological polar surface area (TPSA) is 71.1 Å². The van der Waals surface area contributed by atoms with Crippen molar-refractivity contribution in [3.05, 3.63) is 56.3 Å². The number of anilines is 1. The number of aryl methyl sites for hydroxylation is 2. The Hall–Kier alpha value is -1.82. The van der Waals surface area contributed by atoms with E-state index in [-0.39, 0.29) is 20.9 Å². The van der Waals surface area contributed by atoms with Gasteiger partial charge in [0.15, 0.2) is 0 Å². The average molecular weight is 401 g/mol. The standard InChI is InChI=1S/C17H16Cl3N3O2/c1-3-9-6-5-7-10(4-2)13(9)21-17(25)23-16(24)11-8-12(18)15(20)22-14(11)19/h5-8H,3-4H2,1-2H3,(H2,21,23,24,25). The van der Waals surface area contributed by atoms with Crippen molar-refractivity contribution >= 4 is 52.4 Å². The van der Waals surface area contributed by atoms with Crippen LogP contribution in [0.5, 0.6) is 0 Å². The Bertz CT molecular complexity index is 803. The van der Waals surface area contributed by atoms with E-state index in [0.717, 1.165) is 24.0 Å². The fourth-order valence-corrected chi connectivity index (χ4v) is 2.88. The lowest BCUT2D eigenvalue weighted by molar-refractivity contribution is 0.0967. The molecule has 0 radical (unpaired) electrons. The second kappa shape index (κ2) is 8.52. The Morgan fingerprint density at radius 2 is 1.64 bits per heavy atom. The first-order valence-corrected chi connectivity index (χ1v) is 8.75. The van der Waals surface area contributed by atoms with Gasteiger partial charge in [0.2, 0.25) is 0 Å². The Kier molecular flexibility index (Phi) is 6.64. The number of urea groups is 1. The van der Waals surface area contributed by atoms with Gasteiger partial charge >= 0.3 is 6.03 Å². The molecule has 2 rings (SSSR count). The highest BCUT2D eigenvalue weighted by Crippen LogP contribution is 2.26. The van der Waals surface area contributed by atoms with E-state index in [2.05, 4.69) is 15.6 Å². The molecule has 0 unspecified atom stereocenters. The van der Waals surface area contributed by atoms with Gasteiger partial charge in [-0.2, -0.15) is 0 Å². The third-order valence-electron chi connectivity index (χ3n) is 3.60. The molecule has 3 amide bonds. The molecule has 8 heteroatoms. The third-order valence-corrected chi connectivity index (χ3v) is 4.56. The van der Waals surface area contributed by atoms with Crippen LogP contribution in [0.1, 0.15) is 35.3 Å². The number of halogens is 3. The molecule has 2 N–H and O–H groups in total. The lowest BCUT2D eigenvalue weighted by atomic mass is 10.0. The van der Waals surface area contributed by atoms with Crippen molar-refractivity contribution in [1.29, 1.82) is 0 Å². The Labute approximate surface area is 160 Å². The summed E-state index contributed by atoms with van der Waals surface area (Å²) in [5.41, 5.74) is 2.63. The lowest BCUT2D eigenvalue weighted by Gasteiger charge is -2.14. The number of carbonyl (C=O) groups excluding carboxylic acids is 2. The zero-order valence-electron chi connectivity index (χ0n) is 13.6. The van der Waals surface area contributed by atoms with Gasteiger partial charge < -0.3 is 5.32 Å². The first kappa shape index (κ1) is 19.5. The molecular formula is C17H16Cl3N3O2. The summed E-state index contributed by atoms with van der Waals surface area (Å²) in [6, 6.07) is 6.39. The number of carbonyl (C=O) groups is 2. The summed E-state index contributed by atoms with van der Waals surface area (Å²) < 4.78 is 0. The summed E-state index contributed by atoms with van der Waals surface area (Å²) in [7, 11) is 0. The van der Waals surface area contributed by atoms with E-state index in [9.17, 15) is 9.59 Å². The van der Waals surface area contributed by atoms with Crippen molar-refractivity contribution in [3.63, 3.8) is 0 Å². The quantitative estimate of drug-likeness (QED) is 0.699. The molecule has 0 saturated heterocycles. The number of amides is 3. The molecule has 1 heterocycles. The van der Waals surface area contributed by atoms with Crippen molar-refractivity contribution in [2.24, 2.45) is 0 Å². The minimum absolute atomic E-state index is 0.0165. The van der Waals surface area contributed by atoms with Crippen LogP contribution in [-0.4, -0.2) is 16.9 Å². The lowest BCUT2D eigenvalue weighted by Crippen LogP contribution is -2.35. The molecule has 0 saturated carbocycles. The number of benzene rings is 1. The van der Waals surface area contributed by atoms with E-state index in [0.29, 0.717) is 5.69 Å². The predicted octanol–water partition coefficient (Wildman–Crippen LogP) is 5.13. The van der Waals surface area contributed by atoms with Crippen LogP contribution in [0.4, 0.5) is 10.5 Å². The number of nitrogens with zero attached hydrogens (tertiary/aromatic N) is 1. The maximum Gasteiger partial charge on any atom is 0.326 e. The smallest absolute Gasteiger partial charge is 0.307 e. The van der Waals surface area contributed by atoms with Crippen LogP contribution >= 0.6 is 34.8 Å². The normalized spacial score (nSPS) is 10.4. The zero-order chi connectivity index (χ0) is 18.6. The Balaban J connectivity index is 2.19. The number of hydrogen-bond donors (Lipinski definition) is 2. The summed E-state index contributed by atoms with van der Waals surface area (Å²) in [4.78, 5) is 28.2. The largest absolute Gasteiger partial charge is 0.326 e. The summed E-state index contributed by atoms with van der Waals surface area (Å²) in [5, 5.41) is 4.87. The molecule has 0 spiro atoms. The van der Waals surface area contributed by atoms with E-state index in [1.54, 1.807) is 0 Å². The van der Waals surface area contributed by atoms with Crippen LogP contribution in [0.2, 0.25) is 15.3 Å². The van der Waals surface area contributed by atoms with Crippen LogP contribution in [-0.2, 0) is 12.8 Å². The number of rotatable bonds is 4. The van der Waals surface area contributed by atoms with E-state index in [4.69, 9.17) is 34.8 Å². The minimum atomic E-state index is -0.722. The molecule has 0 aliphatic heterocycles. The number of hydrogen-bond acceptors (Lipinski definition) is 3. The van der Waals surface area contributed by atoms with Gasteiger partial charge in [-0.3, -0.25) is 10.1 Å². The third kappa shape index (κ3) is 4.63. The molecule has 132 valence electrons. The Morgan fingerprint density at radius 3 is 2.20 bits per heavy atom. The van der Waals surface area contributed by atoms with Crippen molar-refractivity contribution in [2.45, 2.75) is 26.7 Å². The fourth-order valence-electron chi connectivity index (χ4n) is 2.32. The number of aromatic nitrogens is 1. The molecule has 0 fully saturated rings. The number of para-hydroxylation sites is 1. The van der Waals surface area contributed by atoms with E-state index >= 15 is 0 Å². The van der Waals surface area contributed by atoms with Crippen molar-refractivity contribution < 1.29 is 9.59 Å². The van der Waals surface area contributed by atoms with Gasteiger partial charge in [-0.1, -0.05) is 66.8 Å². The van der Waals surface area contributed by atoms with E-state index in [1.807, 2.05) is 32.0 Å². The molecule has 0 bridgehead atoms.